The molecule has 0 fully saturated rings. The van der Waals surface area contributed by atoms with Gasteiger partial charge in [-0.2, -0.15) is 0 Å². The number of amides is 1. The molecule has 132 valence electrons. The molecule has 0 spiro atoms. The van der Waals surface area contributed by atoms with Gasteiger partial charge in [-0.1, -0.05) is 35.9 Å². The van der Waals surface area contributed by atoms with Crippen LogP contribution in [0.3, 0.4) is 0 Å². The van der Waals surface area contributed by atoms with E-state index in [9.17, 15) is 9.59 Å². The van der Waals surface area contributed by atoms with E-state index in [-0.39, 0.29) is 17.7 Å². The van der Waals surface area contributed by atoms with E-state index in [0.717, 1.165) is 11.4 Å². The minimum absolute atomic E-state index is 0.0123. The summed E-state index contributed by atoms with van der Waals surface area (Å²) >= 11 is 0. The van der Waals surface area contributed by atoms with Gasteiger partial charge >= 0.3 is 0 Å². The molecule has 0 saturated heterocycles. The number of hydrogen-bond donors (Lipinski definition) is 2. The van der Waals surface area contributed by atoms with Gasteiger partial charge in [0.25, 0.3) is 5.91 Å². The molecule has 1 amide bonds. The quantitative estimate of drug-likeness (QED) is 0.795. The highest BCUT2D eigenvalue weighted by Gasteiger charge is 2.22. The van der Waals surface area contributed by atoms with Crippen LogP contribution in [0.15, 0.2) is 42.5 Å². The number of quaternary nitrogens is 1. The van der Waals surface area contributed by atoms with E-state index in [0.29, 0.717) is 11.3 Å². The first kappa shape index (κ1) is 18.9. The molecule has 2 rings (SSSR count). The fraction of sp³-hybridized carbons (Fsp3) is 0.333. The van der Waals surface area contributed by atoms with Crippen LogP contribution in [0.2, 0.25) is 0 Å². The molecule has 0 aromatic heterocycles. The maximum Gasteiger partial charge on any atom is 0.282 e. The topological polar surface area (TPSA) is 50.6 Å². The van der Waals surface area contributed by atoms with Crippen LogP contribution < -0.4 is 10.2 Å². The first-order chi connectivity index (χ1) is 11.8. The molecular formula is C21H27N2O2+. The fourth-order valence-corrected chi connectivity index (χ4v) is 2.79. The normalized spacial score (nSPS) is 13.2. The van der Waals surface area contributed by atoms with Crippen LogP contribution in [0.4, 0.5) is 5.69 Å². The Morgan fingerprint density at radius 3 is 2.48 bits per heavy atom. The van der Waals surface area contributed by atoms with E-state index < -0.39 is 0 Å². The van der Waals surface area contributed by atoms with Crippen LogP contribution in [0.25, 0.3) is 0 Å². The molecule has 25 heavy (non-hydrogen) atoms. The van der Waals surface area contributed by atoms with E-state index in [1.807, 2.05) is 14.0 Å². The van der Waals surface area contributed by atoms with Crippen molar-refractivity contribution in [3.05, 3.63) is 64.7 Å². The lowest BCUT2D eigenvalue weighted by Crippen LogP contribution is -3.12. The molecule has 4 nitrogen and oxygen atoms in total. The van der Waals surface area contributed by atoms with Gasteiger partial charge in [-0.15, -0.1) is 0 Å². The molecule has 1 unspecified atom stereocenters. The number of ketones is 1. The largest absolute Gasteiger partial charge is 0.324 e. The van der Waals surface area contributed by atoms with Gasteiger partial charge in [0.1, 0.15) is 6.54 Å². The summed E-state index contributed by atoms with van der Waals surface area (Å²) in [6.45, 7) is 8.41. The molecule has 2 aromatic rings. The van der Waals surface area contributed by atoms with Gasteiger partial charge in [0.2, 0.25) is 0 Å². The monoisotopic (exact) mass is 339 g/mol. The summed E-state index contributed by atoms with van der Waals surface area (Å²) in [4.78, 5) is 25.1. The number of likely N-dealkylation sites (N-methyl/N-ethyl adjacent to an activating group) is 1. The number of anilines is 1. The van der Waals surface area contributed by atoms with Crippen LogP contribution in [-0.2, 0) is 11.3 Å². The summed E-state index contributed by atoms with van der Waals surface area (Å²) in [6, 6.07) is 13.2. The SMILES string of the molecule is CC(=O)c1cccc(NC(=O)[C@H](C)[NH+](C)Cc2ccc(C)cc2C)c1. The van der Waals surface area contributed by atoms with Gasteiger partial charge in [0, 0.05) is 16.8 Å². The second-order valence-electron chi connectivity index (χ2n) is 6.80. The third kappa shape index (κ3) is 5.00. The van der Waals surface area contributed by atoms with Gasteiger partial charge < -0.3 is 10.2 Å². The number of hydrogen-bond acceptors (Lipinski definition) is 2. The number of benzene rings is 2. The van der Waals surface area contributed by atoms with Crippen molar-refractivity contribution in [2.24, 2.45) is 0 Å². The molecule has 0 heterocycles. The Morgan fingerprint density at radius 2 is 1.84 bits per heavy atom. The van der Waals surface area contributed by atoms with Gasteiger partial charge in [-0.3, -0.25) is 9.59 Å². The summed E-state index contributed by atoms with van der Waals surface area (Å²) in [5.74, 6) is -0.0651. The van der Waals surface area contributed by atoms with Crippen molar-refractivity contribution >= 4 is 17.4 Å². The summed E-state index contributed by atoms with van der Waals surface area (Å²) in [6.07, 6.45) is 0. The van der Waals surface area contributed by atoms with Crippen LogP contribution in [-0.4, -0.2) is 24.8 Å². The first-order valence-corrected chi connectivity index (χ1v) is 8.58. The van der Waals surface area contributed by atoms with E-state index in [4.69, 9.17) is 0 Å². The van der Waals surface area contributed by atoms with Crippen LogP contribution >= 0.6 is 0 Å². The zero-order valence-corrected chi connectivity index (χ0v) is 15.6. The van der Waals surface area contributed by atoms with Crippen molar-refractivity contribution in [2.45, 2.75) is 40.3 Å². The molecule has 0 aliphatic heterocycles. The lowest BCUT2D eigenvalue weighted by atomic mass is 10.0. The first-order valence-electron chi connectivity index (χ1n) is 8.58. The zero-order chi connectivity index (χ0) is 18.6. The summed E-state index contributed by atoms with van der Waals surface area (Å²) < 4.78 is 0. The molecule has 0 aliphatic carbocycles. The Balaban J connectivity index is 2.03. The Morgan fingerprint density at radius 1 is 1.12 bits per heavy atom. The molecule has 0 radical (unpaired) electrons. The third-order valence-electron chi connectivity index (χ3n) is 4.64. The minimum atomic E-state index is -0.207. The minimum Gasteiger partial charge on any atom is -0.324 e. The molecule has 2 aromatic carbocycles. The van der Waals surface area contributed by atoms with Gasteiger partial charge in [-0.05, 0) is 45.4 Å². The molecule has 4 heteroatoms. The summed E-state index contributed by atoms with van der Waals surface area (Å²) in [5.41, 5.74) is 5.00. The van der Waals surface area contributed by atoms with Crippen molar-refractivity contribution in [1.82, 2.24) is 0 Å². The zero-order valence-electron chi connectivity index (χ0n) is 15.6. The Labute approximate surface area is 149 Å². The standard InChI is InChI=1S/C21H26N2O2/c1-14-9-10-19(15(2)11-14)13-23(5)16(3)21(25)22-20-8-6-7-18(12-20)17(4)24/h6-12,16H,13H2,1-5H3,(H,22,25)/p+1/t16-/m0/s1. The van der Waals surface area contributed by atoms with Crippen molar-refractivity contribution in [3.8, 4) is 0 Å². The Kier molecular flexibility index (Phi) is 6.10. The smallest absolute Gasteiger partial charge is 0.282 e. The van der Waals surface area contributed by atoms with Crippen LogP contribution in [0.1, 0.15) is 40.9 Å². The van der Waals surface area contributed by atoms with Crippen LogP contribution in [0.5, 0.6) is 0 Å². The maximum absolute atomic E-state index is 12.5. The van der Waals surface area contributed by atoms with Gasteiger partial charge in [0.15, 0.2) is 11.8 Å². The van der Waals surface area contributed by atoms with E-state index >= 15 is 0 Å². The van der Waals surface area contributed by atoms with Gasteiger partial charge in [-0.25, -0.2) is 0 Å². The molecule has 0 bridgehead atoms. The van der Waals surface area contributed by atoms with Crippen molar-refractivity contribution in [3.63, 3.8) is 0 Å². The van der Waals surface area contributed by atoms with Crippen molar-refractivity contribution in [2.75, 3.05) is 12.4 Å². The predicted molar refractivity (Wildman–Crippen MR) is 101 cm³/mol. The average Bonchev–Trinajstić information content (AvgIpc) is 2.56. The van der Waals surface area contributed by atoms with Crippen molar-refractivity contribution in [1.29, 1.82) is 0 Å². The van der Waals surface area contributed by atoms with Crippen LogP contribution in [0, 0.1) is 13.8 Å². The fourth-order valence-electron chi connectivity index (χ4n) is 2.79. The number of aryl methyl sites for hydroxylation is 2. The lowest BCUT2D eigenvalue weighted by molar-refractivity contribution is -0.907. The molecule has 0 aliphatic rings. The number of Topliss-reactive ketones (excluding diaryl/α,β-unsaturated/α-hetero) is 1. The Bertz CT molecular complexity index is 783. The van der Waals surface area contributed by atoms with E-state index in [2.05, 4.69) is 37.4 Å². The summed E-state index contributed by atoms with van der Waals surface area (Å²) in [7, 11) is 2.02. The highest BCUT2D eigenvalue weighted by molar-refractivity contribution is 5.97. The highest BCUT2D eigenvalue weighted by atomic mass is 16.2. The molecule has 2 atom stereocenters. The van der Waals surface area contributed by atoms with Gasteiger partial charge in [0.05, 0.1) is 7.05 Å². The number of carbonyl (C=O) groups is 2. The van der Waals surface area contributed by atoms with Crippen molar-refractivity contribution < 1.29 is 14.5 Å². The lowest BCUT2D eigenvalue weighted by Gasteiger charge is -2.22. The Hall–Kier alpha value is -2.46. The molecular weight excluding hydrogens is 312 g/mol. The highest BCUT2D eigenvalue weighted by Crippen LogP contribution is 2.12. The number of carbonyl (C=O) groups excluding carboxylic acids is 2. The predicted octanol–water partition coefficient (Wildman–Crippen LogP) is 2.55. The number of rotatable bonds is 6. The molecule has 0 saturated carbocycles. The average molecular weight is 339 g/mol. The van der Waals surface area contributed by atoms with E-state index in [1.54, 1.807) is 24.3 Å². The summed E-state index contributed by atoms with van der Waals surface area (Å²) in [5, 5.41) is 2.92. The third-order valence-corrected chi connectivity index (χ3v) is 4.64. The van der Waals surface area contributed by atoms with E-state index in [1.165, 1.54) is 23.6 Å². The maximum atomic E-state index is 12.5. The molecule has 2 N–H and O–H groups in total. The second-order valence-corrected chi connectivity index (χ2v) is 6.80. The second kappa shape index (κ2) is 8.08. The number of nitrogens with one attached hydrogen (secondary N) is 2.